The fourth-order valence-electron chi connectivity index (χ4n) is 3.47. The van der Waals surface area contributed by atoms with E-state index in [1.54, 1.807) is 32.0 Å². The highest BCUT2D eigenvalue weighted by Crippen LogP contribution is 2.34. The SMILES string of the molecule is CC(C)N(CCCNc1nc(Nc2ccc3c(c2)CC(=O)N3)ncc1C(F)(F)F)S(C)(=O)=O. The third kappa shape index (κ3) is 6.32. The Morgan fingerprint density at radius 1 is 1.27 bits per heavy atom. The van der Waals surface area contributed by atoms with Crippen LogP contribution in [0.4, 0.5) is 36.3 Å². The molecule has 1 aromatic carbocycles. The number of fused-ring (bicyclic) bond motifs is 1. The summed E-state index contributed by atoms with van der Waals surface area (Å²) in [6.07, 6.45) is -2.40. The van der Waals surface area contributed by atoms with Gasteiger partial charge in [0.1, 0.15) is 11.4 Å². The number of nitrogens with one attached hydrogen (secondary N) is 3. The van der Waals surface area contributed by atoms with Gasteiger partial charge in [0.05, 0.1) is 12.7 Å². The molecule has 0 aliphatic carbocycles. The number of carbonyl (C=O) groups is 1. The number of halogens is 3. The van der Waals surface area contributed by atoms with Crippen molar-refractivity contribution >= 4 is 39.1 Å². The van der Waals surface area contributed by atoms with Crippen LogP contribution >= 0.6 is 0 Å². The first-order valence-corrected chi connectivity index (χ1v) is 12.0. The number of hydrogen-bond acceptors (Lipinski definition) is 7. The molecule has 9 nitrogen and oxygen atoms in total. The maximum atomic E-state index is 13.4. The molecule has 1 amide bonds. The zero-order valence-corrected chi connectivity index (χ0v) is 19.1. The second-order valence-corrected chi connectivity index (χ2v) is 9.86. The Morgan fingerprint density at radius 2 is 2.00 bits per heavy atom. The number of aromatic nitrogens is 2. The fraction of sp³-hybridized carbons (Fsp3) is 0.450. The number of amides is 1. The first-order chi connectivity index (χ1) is 15.3. The van der Waals surface area contributed by atoms with Crippen LogP contribution in [0.2, 0.25) is 0 Å². The van der Waals surface area contributed by atoms with Gasteiger partial charge in [-0.1, -0.05) is 0 Å². The van der Waals surface area contributed by atoms with Gasteiger partial charge >= 0.3 is 6.18 Å². The lowest BCUT2D eigenvalue weighted by molar-refractivity contribution is -0.137. The highest BCUT2D eigenvalue weighted by atomic mass is 32.2. The van der Waals surface area contributed by atoms with Gasteiger partial charge in [-0.2, -0.15) is 22.5 Å². The van der Waals surface area contributed by atoms with Crippen LogP contribution in [0.1, 0.15) is 31.4 Å². The molecule has 0 radical (unpaired) electrons. The summed E-state index contributed by atoms with van der Waals surface area (Å²) in [5, 5.41) is 8.21. The zero-order valence-electron chi connectivity index (χ0n) is 18.3. The number of rotatable bonds is 9. The molecule has 3 N–H and O–H groups in total. The molecule has 180 valence electrons. The van der Waals surface area contributed by atoms with E-state index in [2.05, 4.69) is 25.9 Å². The molecule has 2 aromatic rings. The molecule has 0 unspecified atom stereocenters. The third-order valence-electron chi connectivity index (χ3n) is 4.93. The average molecular weight is 487 g/mol. The maximum absolute atomic E-state index is 13.4. The molecule has 0 fully saturated rings. The predicted molar refractivity (Wildman–Crippen MR) is 119 cm³/mol. The van der Waals surface area contributed by atoms with Crippen LogP contribution in [-0.4, -0.2) is 54.0 Å². The molecule has 0 atom stereocenters. The smallest absolute Gasteiger partial charge is 0.369 e. The van der Waals surface area contributed by atoms with Crippen molar-refractivity contribution in [2.75, 3.05) is 35.3 Å². The van der Waals surface area contributed by atoms with Gasteiger partial charge in [-0.3, -0.25) is 4.79 Å². The normalized spacial score (nSPS) is 13.9. The highest BCUT2D eigenvalue weighted by molar-refractivity contribution is 7.88. The van der Waals surface area contributed by atoms with Gasteiger partial charge in [0, 0.05) is 36.7 Å². The van der Waals surface area contributed by atoms with Crippen LogP contribution in [-0.2, 0) is 27.4 Å². The molecule has 1 aliphatic heterocycles. The molecule has 33 heavy (non-hydrogen) atoms. The summed E-state index contributed by atoms with van der Waals surface area (Å²) in [7, 11) is -3.43. The second-order valence-electron chi connectivity index (χ2n) is 7.92. The lowest BCUT2D eigenvalue weighted by Crippen LogP contribution is -2.37. The van der Waals surface area contributed by atoms with Crippen LogP contribution in [0, 0.1) is 0 Å². The second kappa shape index (κ2) is 9.51. The molecular weight excluding hydrogens is 461 g/mol. The summed E-state index contributed by atoms with van der Waals surface area (Å²) in [6, 6.07) is 4.78. The van der Waals surface area contributed by atoms with E-state index in [1.165, 1.54) is 4.31 Å². The van der Waals surface area contributed by atoms with Crippen molar-refractivity contribution in [3.05, 3.63) is 35.5 Å². The largest absolute Gasteiger partial charge is 0.421 e. The van der Waals surface area contributed by atoms with E-state index in [1.807, 2.05) is 0 Å². The first kappa shape index (κ1) is 24.7. The quantitative estimate of drug-likeness (QED) is 0.466. The third-order valence-corrected chi connectivity index (χ3v) is 6.39. The Kier molecular flexibility index (Phi) is 7.12. The Balaban J connectivity index is 1.73. The van der Waals surface area contributed by atoms with Gasteiger partial charge in [-0.05, 0) is 44.0 Å². The molecule has 1 aromatic heterocycles. The minimum absolute atomic E-state index is 0.0531. The highest BCUT2D eigenvalue weighted by Gasteiger charge is 2.35. The number of anilines is 4. The summed E-state index contributed by atoms with van der Waals surface area (Å²) in [6.45, 7) is 3.68. The number of hydrogen-bond donors (Lipinski definition) is 3. The van der Waals surface area contributed by atoms with Gasteiger partial charge in [0.15, 0.2) is 0 Å². The van der Waals surface area contributed by atoms with Crippen LogP contribution in [0.15, 0.2) is 24.4 Å². The van der Waals surface area contributed by atoms with E-state index in [0.29, 0.717) is 17.6 Å². The van der Waals surface area contributed by atoms with E-state index >= 15 is 0 Å². The van der Waals surface area contributed by atoms with E-state index in [-0.39, 0.29) is 43.8 Å². The average Bonchev–Trinajstić information content (AvgIpc) is 3.05. The Morgan fingerprint density at radius 3 is 2.64 bits per heavy atom. The molecule has 2 heterocycles. The van der Waals surface area contributed by atoms with Crippen molar-refractivity contribution in [3.63, 3.8) is 0 Å². The number of alkyl halides is 3. The lowest BCUT2D eigenvalue weighted by Gasteiger charge is -2.24. The molecule has 0 bridgehead atoms. The van der Waals surface area contributed by atoms with Crippen molar-refractivity contribution in [2.45, 2.75) is 38.9 Å². The molecule has 0 saturated heterocycles. The lowest BCUT2D eigenvalue weighted by atomic mass is 10.1. The van der Waals surface area contributed by atoms with E-state index < -0.39 is 27.6 Å². The number of nitrogens with zero attached hydrogens (tertiary/aromatic N) is 3. The Labute approximate surface area is 189 Å². The number of benzene rings is 1. The van der Waals surface area contributed by atoms with Crippen molar-refractivity contribution in [3.8, 4) is 0 Å². The van der Waals surface area contributed by atoms with Crippen LogP contribution in [0.25, 0.3) is 0 Å². The minimum Gasteiger partial charge on any atom is -0.369 e. The summed E-state index contributed by atoms with van der Waals surface area (Å²) in [5.41, 5.74) is 0.943. The molecule has 0 spiro atoms. The van der Waals surface area contributed by atoms with Gasteiger partial charge < -0.3 is 16.0 Å². The van der Waals surface area contributed by atoms with Crippen molar-refractivity contribution in [1.29, 1.82) is 0 Å². The maximum Gasteiger partial charge on any atom is 0.421 e. The summed E-state index contributed by atoms with van der Waals surface area (Å²) >= 11 is 0. The van der Waals surface area contributed by atoms with Gasteiger partial charge in [-0.25, -0.2) is 13.4 Å². The fourth-order valence-corrected chi connectivity index (χ4v) is 4.70. The van der Waals surface area contributed by atoms with Crippen molar-refractivity contribution in [2.24, 2.45) is 0 Å². The topological polar surface area (TPSA) is 116 Å². The Hall–Kier alpha value is -2.93. The van der Waals surface area contributed by atoms with Gasteiger partial charge in [0.25, 0.3) is 0 Å². The van der Waals surface area contributed by atoms with Crippen LogP contribution < -0.4 is 16.0 Å². The summed E-state index contributed by atoms with van der Waals surface area (Å²) < 4.78 is 65.2. The van der Waals surface area contributed by atoms with E-state index in [4.69, 9.17) is 0 Å². The van der Waals surface area contributed by atoms with Gasteiger partial charge in [0.2, 0.25) is 21.9 Å². The van der Waals surface area contributed by atoms with Crippen LogP contribution in [0.3, 0.4) is 0 Å². The van der Waals surface area contributed by atoms with Crippen molar-refractivity contribution < 1.29 is 26.4 Å². The predicted octanol–water partition coefficient (Wildman–Crippen LogP) is 3.21. The molecule has 0 saturated carbocycles. The summed E-state index contributed by atoms with van der Waals surface area (Å²) in [4.78, 5) is 19.2. The van der Waals surface area contributed by atoms with E-state index in [9.17, 15) is 26.4 Å². The molecule has 1 aliphatic rings. The first-order valence-electron chi connectivity index (χ1n) is 10.2. The minimum atomic E-state index is -4.67. The molecular formula is C20H25F3N6O3S. The zero-order chi connectivity index (χ0) is 24.4. The number of sulfonamides is 1. The number of carbonyl (C=O) groups excluding carboxylic acids is 1. The van der Waals surface area contributed by atoms with E-state index in [0.717, 1.165) is 11.8 Å². The molecule has 13 heteroatoms. The van der Waals surface area contributed by atoms with Crippen LogP contribution in [0.5, 0.6) is 0 Å². The standard InChI is InChI=1S/C20H25F3N6O3S/c1-12(2)29(33(3,31)32)8-4-7-24-18-15(20(21,22)23)11-25-19(28-18)26-14-5-6-16-13(9-14)10-17(30)27-16/h5-6,9,11-12H,4,7-8,10H2,1-3H3,(H,27,30)(H2,24,25,26,28). The monoisotopic (exact) mass is 486 g/mol. The Bertz CT molecular complexity index is 1140. The van der Waals surface area contributed by atoms with Crippen molar-refractivity contribution in [1.82, 2.24) is 14.3 Å². The van der Waals surface area contributed by atoms with Gasteiger partial charge in [-0.15, -0.1) is 0 Å². The summed E-state index contributed by atoms with van der Waals surface area (Å²) in [5.74, 6) is -0.595. The molecule has 3 rings (SSSR count).